The zero-order valence-electron chi connectivity index (χ0n) is 11.8. The van der Waals surface area contributed by atoms with Crippen molar-refractivity contribution in [3.63, 3.8) is 0 Å². The number of hydrogen-bond donors (Lipinski definition) is 0. The van der Waals surface area contributed by atoms with Crippen LogP contribution in [0.25, 0.3) is 10.8 Å². The normalized spacial score (nSPS) is 16.3. The predicted octanol–water partition coefficient (Wildman–Crippen LogP) is 4.17. The fraction of sp³-hybridized carbons (Fsp3) is 0.105. The molecule has 3 heteroatoms. The van der Waals surface area contributed by atoms with Crippen molar-refractivity contribution in [2.24, 2.45) is 0 Å². The van der Waals surface area contributed by atoms with Gasteiger partial charge in [0.15, 0.2) is 6.10 Å². The van der Waals surface area contributed by atoms with Gasteiger partial charge in [0.05, 0.1) is 0 Å². The van der Waals surface area contributed by atoms with Gasteiger partial charge in [0.2, 0.25) is 5.78 Å². The standard InChI is InChI=1S/C19H13FO2/c20-14-8-5-13(6-9-14)19(21)18-11-16-15-4-2-1-3-12(15)7-10-17(16)22-18/h1-10,18H,11H2. The number of hydrogen-bond acceptors (Lipinski definition) is 2. The highest BCUT2D eigenvalue weighted by molar-refractivity contribution is 6.01. The van der Waals surface area contributed by atoms with Gasteiger partial charge in [-0.2, -0.15) is 0 Å². The van der Waals surface area contributed by atoms with Crippen LogP contribution in [0.4, 0.5) is 4.39 Å². The second-order valence-electron chi connectivity index (χ2n) is 5.45. The van der Waals surface area contributed by atoms with Gasteiger partial charge >= 0.3 is 0 Å². The van der Waals surface area contributed by atoms with E-state index < -0.39 is 6.10 Å². The van der Waals surface area contributed by atoms with Crippen molar-refractivity contribution in [1.29, 1.82) is 0 Å². The molecule has 108 valence electrons. The minimum atomic E-state index is -0.536. The van der Waals surface area contributed by atoms with E-state index in [1.165, 1.54) is 24.3 Å². The monoisotopic (exact) mass is 292 g/mol. The number of benzene rings is 3. The quantitative estimate of drug-likeness (QED) is 0.663. The Morgan fingerprint density at radius 2 is 1.77 bits per heavy atom. The van der Waals surface area contributed by atoms with Gasteiger partial charge in [0.25, 0.3) is 0 Å². The van der Waals surface area contributed by atoms with E-state index in [1.54, 1.807) is 0 Å². The Morgan fingerprint density at radius 1 is 1.00 bits per heavy atom. The number of rotatable bonds is 2. The topological polar surface area (TPSA) is 26.3 Å². The maximum atomic E-state index is 13.0. The van der Waals surface area contributed by atoms with Crippen LogP contribution in [0.2, 0.25) is 0 Å². The maximum absolute atomic E-state index is 13.0. The van der Waals surface area contributed by atoms with Crippen molar-refractivity contribution < 1.29 is 13.9 Å². The number of halogens is 1. The van der Waals surface area contributed by atoms with Gasteiger partial charge in [-0.3, -0.25) is 4.79 Å². The van der Waals surface area contributed by atoms with Gasteiger partial charge < -0.3 is 4.74 Å². The number of carbonyl (C=O) groups excluding carboxylic acids is 1. The van der Waals surface area contributed by atoms with E-state index in [0.29, 0.717) is 12.0 Å². The molecule has 0 aliphatic carbocycles. The first-order valence-electron chi connectivity index (χ1n) is 7.19. The molecule has 1 atom stereocenters. The van der Waals surface area contributed by atoms with Gasteiger partial charge in [0.1, 0.15) is 11.6 Å². The van der Waals surface area contributed by atoms with Crippen LogP contribution in [0.3, 0.4) is 0 Å². The molecule has 0 N–H and O–H groups in total. The number of Topliss-reactive ketones (excluding diaryl/α,β-unsaturated/α-hetero) is 1. The Morgan fingerprint density at radius 3 is 2.59 bits per heavy atom. The highest BCUT2D eigenvalue weighted by Crippen LogP contribution is 2.35. The molecule has 0 saturated heterocycles. The van der Waals surface area contributed by atoms with Gasteiger partial charge in [-0.05, 0) is 41.1 Å². The highest BCUT2D eigenvalue weighted by Gasteiger charge is 2.30. The minimum Gasteiger partial charge on any atom is -0.482 e. The smallest absolute Gasteiger partial charge is 0.203 e. The maximum Gasteiger partial charge on any atom is 0.203 e. The van der Waals surface area contributed by atoms with Crippen LogP contribution in [0.15, 0.2) is 60.7 Å². The van der Waals surface area contributed by atoms with E-state index in [1.807, 2.05) is 36.4 Å². The van der Waals surface area contributed by atoms with Crippen molar-refractivity contribution in [2.75, 3.05) is 0 Å². The first-order valence-corrected chi connectivity index (χ1v) is 7.19. The van der Waals surface area contributed by atoms with Crippen LogP contribution in [0.1, 0.15) is 15.9 Å². The summed E-state index contributed by atoms with van der Waals surface area (Å²) in [6, 6.07) is 17.6. The molecule has 0 fully saturated rings. The number of fused-ring (bicyclic) bond motifs is 3. The molecule has 2 nitrogen and oxygen atoms in total. The Bertz CT molecular complexity index is 868. The van der Waals surface area contributed by atoms with Crippen molar-refractivity contribution in [3.8, 4) is 5.75 Å². The summed E-state index contributed by atoms with van der Waals surface area (Å²) in [5.41, 5.74) is 1.54. The Kier molecular flexibility index (Phi) is 2.93. The van der Waals surface area contributed by atoms with Crippen LogP contribution in [0, 0.1) is 5.82 Å². The molecule has 3 aromatic rings. The molecule has 0 saturated carbocycles. The zero-order chi connectivity index (χ0) is 15.1. The summed E-state index contributed by atoms with van der Waals surface area (Å²) in [6.07, 6.45) is 0.0126. The van der Waals surface area contributed by atoms with Crippen LogP contribution in [-0.4, -0.2) is 11.9 Å². The van der Waals surface area contributed by atoms with Crippen molar-refractivity contribution >= 4 is 16.6 Å². The fourth-order valence-corrected chi connectivity index (χ4v) is 2.96. The Labute approximate surface area is 127 Å². The van der Waals surface area contributed by atoms with E-state index in [-0.39, 0.29) is 11.6 Å². The molecule has 0 radical (unpaired) electrons. The third kappa shape index (κ3) is 2.06. The van der Waals surface area contributed by atoms with Gasteiger partial charge in [-0.25, -0.2) is 4.39 Å². The molecule has 1 aliphatic heterocycles. The summed E-state index contributed by atoms with van der Waals surface area (Å²) >= 11 is 0. The Balaban J connectivity index is 1.68. The minimum absolute atomic E-state index is 0.111. The van der Waals surface area contributed by atoms with E-state index in [2.05, 4.69) is 0 Å². The molecule has 0 bridgehead atoms. The molecular formula is C19H13FO2. The van der Waals surface area contributed by atoms with Gasteiger partial charge in [0, 0.05) is 17.5 Å². The molecule has 3 aromatic carbocycles. The highest BCUT2D eigenvalue weighted by atomic mass is 19.1. The second-order valence-corrected chi connectivity index (χ2v) is 5.45. The average molecular weight is 292 g/mol. The first-order chi connectivity index (χ1) is 10.7. The number of carbonyl (C=O) groups is 1. The molecule has 0 spiro atoms. The fourth-order valence-electron chi connectivity index (χ4n) is 2.96. The summed E-state index contributed by atoms with van der Waals surface area (Å²) in [5, 5.41) is 2.26. The van der Waals surface area contributed by atoms with Crippen LogP contribution in [-0.2, 0) is 6.42 Å². The predicted molar refractivity (Wildman–Crippen MR) is 82.8 cm³/mol. The molecule has 1 heterocycles. The van der Waals surface area contributed by atoms with Crippen LogP contribution < -0.4 is 4.74 Å². The first kappa shape index (κ1) is 13.0. The molecule has 0 aromatic heterocycles. The average Bonchev–Trinajstić information content (AvgIpc) is 2.99. The molecule has 1 aliphatic rings. The van der Waals surface area contributed by atoms with Crippen molar-refractivity contribution in [3.05, 3.63) is 77.6 Å². The molecular weight excluding hydrogens is 279 g/mol. The lowest BCUT2D eigenvalue weighted by Crippen LogP contribution is -2.25. The Hall–Kier alpha value is -2.68. The lowest BCUT2D eigenvalue weighted by atomic mass is 9.98. The number of ketones is 1. The van der Waals surface area contributed by atoms with Crippen molar-refractivity contribution in [2.45, 2.75) is 12.5 Å². The van der Waals surface area contributed by atoms with E-state index in [0.717, 1.165) is 22.1 Å². The summed E-state index contributed by atoms with van der Waals surface area (Å²) in [6.45, 7) is 0. The zero-order valence-corrected chi connectivity index (χ0v) is 11.8. The van der Waals surface area contributed by atoms with Gasteiger partial charge in [-0.15, -0.1) is 0 Å². The molecule has 4 rings (SSSR count). The van der Waals surface area contributed by atoms with Crippen molar-refractivity contribution in [1.82, 2.24) is 0 Å². The van der Waals surface area contributed by atoms with Crippen LogP contribution >= 0.6 is 0 Å². The summed E-state index contributed by atoms with van der Waals surface area (Å²) < 4.78 is 18.8. The molecule has 1 unspecified atom stereocenters. The van der Waals surface area contributed by atoms with E-state index in [4.69, 9.17) is 4.74 Å². The largest absolute Gasteiger partial charge is 0.482 e. The van der Waals surface area contributed by atoms with E-state index >= 15 is 0 Å². The lowest BCUT2D eigenvalue weighted by molar-refractivity contribution is 0.0825. The molecule has 0 amide bonds. The summed E-state index contributed by atoms with van der Waals surface area (Å²) in [7, 11) is 0. The third-order valence-corrected chi connectivity index (χ3v) is 4.08. The second kappa shape index (κ2) is 4.95. The van der Waals surface area contributed by atoms with Gasteiger partial charge in [-0.1, -0.05) is 30.3 Å². The van der Waals surface area contributed by atoms with E-state index in [9.17, 15) is 9.18 Å². The summed E-state index contributed by atoms with van der Waals surface area (Å²) in [5.74, 6) is 0.303. The lowest BCUT2D eigenvalue weighted by Gasteiger charge is -2.09. The SMILES string of the molecule is O=C(c1ccc(F)cc1)C1Cc2c(ccc3ccccc23)O1. The molecule has 22 heavy (non-hydrogen) atoms. The summed E-state index contributed by atoms with van der Waals surface area (Å²) in [4.78, 5) is 12.5. The van der Waals surface area contributed by atoms with Crippen LogP contribution in [0.5, 0.6) is 5.75 Å². The third-order valence-electron chi connectivity index (χ3n) is 4.08. The number of ether oxygens (including phenoxy) is 1.